The van der Waals surface area contributed by atoms with Gasteiger partial charge in [-0.15, -0.1) is 5.10 Å². The van der Waals surface area contributed by atoms with Crippen molar-refractivity contribution in [2.45, 2.75) is 44.3 Å². The Morgan fingerprint density at radius 2 is 2.06 bits per heavy atom. The maximum Gasteiger partial charge on any atom is 0.252 e. The summed E-state index contributed by atoms with van der Waals surface area (Å²) in [4.78, 5) is 16.4. The molecule has 1 aliphatic rings. The number of hydrogen-bond acceptors (Lipinski definition) is 8. The Hall–Kier alpha value is -3.44. The third kappa shape index (κ3) is 4.36. The van der Waals surface area contributed by atoms with Crippen molar-refractivity contribution in [3.05, 3.63) is 35.6 Å². The zero-order chi connectivity index (χ0) is 24.5. The minimum atomic E-state index is -0.794. The Bertz CT molecular complexity index is 1210. The predicted molar refractivity (Wildman–Crippen MR) is 128 cm³/mol. The van der Waals surface area contributed by atoms with Crippen LogP contribution in [0, 0.1) is 5.82 Å². The van der Waals surface area contributed by atoms with Crippen LogP contribution in [-0.2, 0) is 11.3 Å². The molecular formula is C23H30FN7O3. The van der Waals surface area contributed by atoms with Crippen molar-refractivity contribution in [1.82, 2.24) is 14.8 Å². The molecule has 6 N–H and O–H groups in total. The molecule has 182 valence electrons. The van der Waals surface area contributed by atoms with Gasteiger partial charge >= 0.3 is 0 Å². The lowest BCUT2D eigenvalue weighted by molar-refractivity contribution is 0.100. The minimum absolute atomic E-state index is 0.0237. The van der Waals surface area contributed by atoms with Gasteiger partial charge in [-0.2, -0.15) is 0 Å². The summed E-state index contributed by atoms with van der Waals surface area (Å²) in [6.07, 6.45) is 2.63. The molecule has 1 aliphatic carbocycles. The summed E-state index contributed by atoms with van der Waals surface area (Å²) in [7, 11) is 3.17. The number of ether oxygens (including phenoxy) is 2. The van der Waals surface area contributed by atoms with Gasteiger partial charge in [0.05, 0.1) is 42.3 Å². The van der Waals surface area contributed by atoms with Crippen molar-refractivity contribution in [2.24, 2.45) is 11.5 Å². The van der Waals surface area contributed by atoms with Crippen LogP contribution in [0.2, 0.25) is 0 Å². The number of hydrogen-bond donors (Lipinski definition) is 4. The van der Waals surface area contributed by atoms with Crippen LogP contribution in [0.5, 0.6) is 5.88 Å². The molecule has 1 atom stereocenters. The van der Waals surface area contributed by atoms with Crippen molar-refractivity contribution in [2.75, 3.05) is 31.5 Å². The fraction of sp³-hybridized carbons (Fsp3) is 0.435. The zero-order valence-electron chi connectivity index (χ0n) is 19.5. The SMILES string of the molecule is COCCn1nc(OC)c2cc(Nc3nc(NC4([C@H](C)N)CCC4)c(F)cc3C(N)=O)ccc21. The molecule has 34 heavy (non-hydrogen) atoms. The van der Waals surface area contributed by atoms with Gasteiger partial charge in [-0.1, -0.05) is 0 Å². The standard InChI is InChI=1S/C23H30FN7O3/c1-13(25)23(7-4-8-23)29-21-17(24)12-16(19(26)32)20(28-21)27-14-5-6-18-15(11-14)22(34-3)30-31(18)9-10-33-2/h5-6,11-13H,4,7-10,25H2,1-3H3,(H2,26,32)(H2,27,28,29)/t13-/m0/s1. The van der Waals surface area contributed by atoms with Crippen LogP contribution < -0.4 is 26.8 Å². The number of pyridine rings is 1. The molecule has 1 amide bonds. The second-order valence-corrected chi connectivity index (χ2v) is 8.58. The number of nitrogens with zero attached hydrogens (tertiary/aromatic N) is 3. The van der Waals surface area contributed by atoms with E-state index in [1.54, 1.807) is 18.9 Å². The normalized spacial score (nSPS) is 15.6. The molecule has 1 saturated carbocycles. The Labute approximate surface area is 196 Å². The number of halogens is 1. The van der Waals surface area contributed by atoms with E-state index in [0.29, 0.717) is 24.7 Å². The lowest BCUT2D eigenvalue weighted by atomic mass is 9.72. The first-order chi connectivity index (χ1) is 16.3. The van der Waals surface area contributed by atoms with Crippen LogP contribution in [0.3, 0.4) is 0 Å². The van der Waals surface area contributed by atoms with E-state index in [9.17, 15) is 9.18 Å². The molecule has 1 fully saturated rings. The molecule has 4 rings (SSSR count). The second kappa shape index (κ2) is 9.43. The van der Waals surface area contributed by atoms with Crippen molar-refractivity contribution in [3.63, 3.8) is 0 Å². The smallest absolute Gasteiger partial charge is 0.252 e. The number of carbonyl (C=O) groups is 1. The van der Waals surface area contributed by atoms with Gasteiger partial charge in [-0.05, 0) is 50.5 Å². The summed E-state index contributed by atoms with van der Waals surface area (Å²) < 4.78 is 27.2. The average Bonchev–Trinajstić information content (AvgIpc) is 3.13. The highest BCUT2D eigenvalue weighted by Crippen LogP contribution is 2.38. The van der Waals surface area contributed by atoms with Crippen molar-refractivity contribution < 1.29 is 18.7 Å². The van der Waals surface area contributed by atoms with Crippen molar-refractivity contribution in [3.8, 4) is 5.88 Å². The molecule has 2 aromatic heterocycles. The number of primary amides is 1. The maximum atomic E-state index is 14.9. The predicted octanol–water partition coefficient (Wildman–Crippen LogP) is 2.75. The molecular weight excluding hydrogens is 441 g/mol. The van der Waals surface area contributed by atoms with Crippen LogP contribution in [0.4, 0.5) is 21.7 Å². The van der Waals surface area contributed by atoms with Gasteiger partial charge in [0.2, 0.25) is 5.88 Å². The summed E-state index contributed by atoms with van der Waals surface area (Å²) in [6.45, 7) is 2.95. The number of anilines is 3. The van der Waals surface area contributed by atoms with Gasteiger partial charge in [-0.3, -0.25) is 9.48 Å². The van der Waals surface area contributed by atoms with Crippen molar-refractivity contribution in [1.29, 1.82) is 0 Å². The van der Waals surface area contributed by atoms with E-state index in [2.05, 4.69) is 20.7 Å². The Morgan fingerprint density at radius 1 is 1.29 bits per heavy atom. The minimum Gasteiger partial charge on any atom is -0.479 e. The number of nitrogens with two attached hydrogens (primary N) is 2. The summed E-state index contributed by atoms with van der Waals surface area (Å²) >= 11 is 0. The number of fused-ring (bicyclic) bond motifs is 1. The number of methoxy groups -OCH3 is 2. The largest absolute Gasteiger partial charge is 0.479 e. The molecule has 0 radical (unpaired) electrons. The third-order valence-corrected chi connectivity index (χ3v) is 6.41. The summed E-state index contributed by atoms with van der Waals surface area (Å²) in [6, 6.07) is 6.40. The quantitative estimate of drug-likeness (QED) is 0.354. The molecule has 1 aromatic carbocycles. The zero-order valence-corrected chi connectivity index (χ0v) is 19.5. The van der Waals surface area contributed by atoms with E-state index in [1.807, 2.05) is 25.1 Å². The van der Waals surface area contributed by atoms with Gasteiger partial charge in [0, 0.05) is 18.8 Å². The Balaban J connectivity index is 1.70. The first kappa shape index (κ1) is 23.7. The van der Waals surface area contributed by atoms with Crippen LogP contribution >= 0.6 is 0 Å². The highest BCUT2D eigenvalue weighted by Gasteiger charge is 2.41. The van der Waals surface area contributed by atoms with E-state index in [0.717, 1.165) is 36.2 Å². The number of benzene rings is 1. The average molecular weight is 472 g/mol. The molecule has 0 spiro atoms. The van der Waals surface area contributed by atoms with Crippen LogP contribution in [-0.4, -0.2) is 53.1 Å². The topological polar surface area (TPSA) is 142 Å². The number of carbonyl (C=O) groups excluding carboxylic acids is 1. The fourth-order valence-corrected chi connectivity index (χ4v) is 4.21. The maximum absolute atomic E-state index is 14.9. The van der Waals surface area contributed by atoms with E-state index in [1.165, 1.54) is 0 Å². The van der Waals surface area contributed by atoms with E-state index < -0.39 is 17.3 Å². The number of rotatable bonds is 10. The van der Waals surface area contributed by atoms with E-state index in [-0.39, 0.29) is 23.2 Å². The molecule has 3 aromatic rings. The van der Waals surface area contributed by atoms with Gasteiger partial charge in [0.25, 0.3) is 5.91 Å². The van der Waals surface area contributed by atoms with Gasteiger partial charge in [0.15, 0.2) is 11.6 Å². The number of nitrogens with one attached hydrogen (secondary N) is 2. The van der Waals surface area contributed by atoms with Gasteiger partial charge in [-0.25, -0.2) is 9.37 Å². The molecule has 10 nitrogen and oxygen atoms in total. The number of aromatic nitrogens is 3. The van der Waals surface area contributed by atoms with Gasteiger partial charge < -0.3 is 31.6 Å². The lowest BCUT2D eigenvalue weighted by Crippen LogP contribution is -2.57. The van der Waals surface area contributed by atoms with Crippen LogP contribution in [0.15, 0.2) is 24.3 Å². The summed E-state index contributed by atoms with van der Waals surface area (Å²) in [5.41, 5.74) is 12.6. The summed E-state index contributed by atoms with van der Waals surface area (Å²) in [5, 5.41) is 11.5. The van der Waals surface area contributed by atoms with Gasteiger partial charge in [0.1, 0.15) is 5.82 Å². The first-order valence-corrected chi connectivity index (χ1v) is 11.1. The van der Waals surface area contributed by atoms with E-state index >= 15 is 0 Å². The van der Waals surface area contributed by atoms with Crippen LogP contribution in [0.25, 0.3) is 10.9 Å². The molecule has 0 bridgehead atoms. The first-order valence-electron chi connectivity index (χ1n) is 11.1. The fourth-order valence-electron chi connectivity index (χ4n) is 4.21. The van der Waals surface area contributed by atoms with Crippen LogP contribution in [0.1, 0.15) is 36.5 Å². The molecule has 0 unspecified atom stereocenters. The third-order valence-electron chi connectivity index (χ3n) is 6.41. The van der Waals surface area contributed by atoms with Crippen molar-refractivity contribution >= 4 is 34.1 Å². The molecule has 2 heterocycles. The molecule has 0 aliphatic heterocycles. The molecule has 0 saturated heterocycles. The Kier molecular flexibility index (Phi) is 6.58. The van der Waals surface area contributed by atoms with E-state index in [4.69, 9.17) is 20.9 Å². The summed E-state index contributed by atoms with van der Waals surface area (Å²) in [5.74, 6) is -0.848. The Morgan fingerprint density at radius 3 is 2.65 bits per heavy atom. The monoisotopic (exact) mass is 471 g/mol. The highest BCUT2D eigenvalue weighted by molar-refractivity contribution is 5.99. The lowest BCUT2D eigenvalue weighted by Gasteiger charge is -2.46. The molecule has 11 heteroatoms. The highest BCUT2D eigenvalue weighted by atomic mass is 19.1. The number of amides is 1. The second-order valence-electron chi connectivity index (χ2n) is 8.58.